The van der Waals surface area contributed by atoms with Gasteiger partial charge in [-0.05, 0) is 24.8 Å². The van der Waals surface area contributed by atoms with Crippen LogP contribution in [-0.4, -0.2) is 29.8 Å². The Kier molecular flexibility index (Phi) is 4.34. The van der Waals surface area contributed by atoms with Crippen molar-refractivity contribution in [3.8, 4) is 0 Å². The molecule has 0 aliphatic carbocycles. The van der Waals surface area contributed by atoms with E-state index in [0.717, 1.165) is 24.8 Å². The fourth-order valence-electron chi connectivity index (χ4n) is 2.09. The van der Waals surface area contributed by atoms with Crippen LogP contribution in [0.3, 0.4) is 0 Å². The quantitative estimate of drug-likeness (QED) is 0.800. The number of likely N-dealkylation sites (tertiary alicyclic amines) is 1. The average molecular weight is 246 g/mol. The van der Waals surface area contributed by atoms with Crippen LogP contribution in [-0.2, 0) is 16.1 Å². The first-order chi connectivity index (χ1) is 8.77. The number of benzene rings is 1. The summed E-state index contributed by atoms with van der Waals surface area (Å²) in [4.78, 5) is 25.2. The fraction of sp³-hybridized carbons (Fsp3) is 0.429. The van der Waals surface area contributed by atoms with Crippen molar-refractivity contribution in [1.29, 1.82) is 0 Å². The predicted octanol–water partition coefficient (Wildman–Crippen LogP) is 1.32. The van der Waals surface area contributed by atoms with Gasteiger partial charge in [-0.15, -0.1) is 0 Å². The maximum Gasteiger partial charge on any atom is 0.311 e. The number of piperidine rings is 1. The zero-order valence-electron chi connectivity index (χ0n) is 10.4. The smallest absolute Gasteiger partial charge is 0.311 e. The minimum atomic E-state index is -0.499. The van der Waals surface area contributed by atoms with Gasteiger partial charge in [0.15, 0.2) is 0 Å². The Bertz CT molecular complexity index is 411. The maximum atomic E-state index is 11.8. The van der Waals surface area contributed by atoms with Crippen molar-refractivity contribution in [2.24, 2.45) is 0 Å². The summed E-state index contributed by atoms with van der Waals surface area (Å²) in [7, 11) is 0. The highest BCUT2D eigenvalue weighted by atomic mass is 16.2. The lowest BCUT2D eigenvalue weighted by Crippen LogP contribution is -2.44. The normalized spacial score (nSPS) is 15.2. The molecule has 2 rings (SSSR count). The summed E-state index contributed by atoms with van der Waals surface area (Å²) in [5, 5.41) is 2.67. The standard InChI is InChI=1S/C14H18N2O2/c17-13(14(18)16-9-5-2-6-10-16)15-11-12-7-3-1-4-8-12/h1,3-4,7-8H,2,5-6,9-11H2,(H,15,17). The molecular formula is C14H18N2O2. The van der Waals surface area contributed by atoms with Crippen molar-refractivity contribution in [2.45, 2.75) is 25.8 Å². The molecular weight excluding hydrogens is 228 g/mol. The predicted molar refractivity (Wildman–Crippen MR) is 68.7 cm³/mol. The molecule has 1 heterocycles. The highest BCUT2D eigenvalue weighted by Gasteiger charge is 2.22. The van der Waals surface area contributed by atoms with Crippen LogP contribution in [0.15, 0.2) is 30.3 Å². The van der Waals surface area contributed by atoms with E-state index in [1.165, 1.54) is 0 Å². The molecule has 1 aromatic rings. The summed E-state index contributed by atoms with van der Waals surface area (Å²) in [6.07, 6.45) is 3.14. The lowest BCUT2D eigenvalue weighted by atomic mass is 10.1. The molecule has 0 bridgehead atoms. The SMILES string of the molecule is O=C(NCc1ccccc1)C(=O)N1CCCCC1. The Labute approximate surface area is 107 Å². The van der Waals surface area contributed by atoms with E-state index in [9.17, 15) is 9.59 Å². The van der Waals surface area contributed by atoms with Crippen LogP contribution < -0.4 is 5.32 Å². The van der Waals surface area contributed by atoms with Crippen molar-refractivity contribution in [3.63, 3.8) is 0 Å². The lowest BCUT2D eigenvalue weighted by molar-refractivity contribution is -0.146. The maximum absolute atomic E-state index is 11.8. The van der Waals surface area contributed by atoms with Crippen molar-refractivity contribution in [2.75, 3.05) is 13.1 Å². The number of rotatable bonds is 2. The number of nitrogens with zero attached hydrogens (tertiary/aromatic N) is 1. The number of amides is 2. The molecule has 2 amide bonds. The summed E-state index contributed by atoms with van der Waals surface area (Å²) in [5.74, 6) is -0.897. The van der Waals surface area contributed by atoms with Crippen LogP contribution in [0.2, 0.25) is 0 Å². The molecule has 4 heteroatoms. The summed E-state index contributed by atoms with van der Waals surface area (Å²) < 4.78 is 0. The van der Waals surface area contributed by atoms with Gasteiger partial charge in [-0.1, -0.05) is 30.3 Å². The first-order valence-corrected chi connectivity index (χ1v) is 6.38. The molecule has 1 saturated heterocycles. The van der Waals surface area contributed by atoms with Crippen molar-refractivity contribution in [3.05, 3.63) is 35.9 Å². The molecule has 1 fully saturated rings. The van der Waals surface area contributed by atoms with Gasteiger partial charge in [-0.3, -0.25) is 9.59 Å². The summed E-state index contributed by atoms with van der Waals surface area (Å²) in [6.45, 7) is 1.81. The van der Waals surface area contributed by atoms with Gasteiger partial charge in [0.25, 0.3) is 0 Å². The van der Waals surface area contributed by atoms with Crippen molar-refractivity contribution < 1.29 is 9.59 Å². The first kappa shape index (κ1) is 12.6. The van der Waals surface area contributed by atoms with Crippen LogP contribution in [0.25, 0.3) is 0 Å². The minimum absolute atomic E-state index is 0.398. The Hall–Kier alpha value is -1.84. The van der Waals surface area contributed by atoms with E-state index in [4.69, 9.17) is 0 Å². The van der Waals surface area contributed by atoms with Gasteiger partial charge >= 0.3 is 11.8 Å². The molecule has 0 saturated carbocycles. The number of carbonyl (C=O) groups excluding carboxylic acids is 2. The van der Waals surface area contributed by atoms with Crippen molar-refractivity contribution in [1.82, 2.24) is 10.2 Å². The second kappa shape index (κ2) is 6.19. The molecule has 1 aromatic carbocycles. The van der Waals surface area contributed by atoms with E-state index in [-0.39, 0.29) is 0 Å². The van der Waals surface area contributed by atoms with Crippen LogP contribution in [0.1, 0.15) is 24.8 Å². The van der Waals surface area contributed by atoms with E-state index in [2.05, 4.69) is 5.32 Å². The van der Waals surface area contributed by atoms with Crippen LogP contribution in [0, 0.1) is 0 Å². The van der Waals surface area contributed by atoms with Crippen LogP contribution in [0.4, 0.5) is 0 Å². The molecule has 0 atom stereocenters. The number of carbonyl (C=O) groups is 2. The molecule has 4 nitrogen and oxygen atoms in total. The van der Waals surface area contributed by atoms with Gasteiger partial charge in [0, 0.05) is 19.6 Å². The third-order valence-electron chi connectivity index (χ3n) is 3.13. The summed E-state index contributed by atoms with van der Waals surface area (Å²) >= 11 is 0. The molecule has 0 spiro atoms. The number of hydrogen-bond donors (Lipinski definition) is 1. The number of nitrogens with one attached hydrogen (secondary N) is 1. The Morgan fingerprint density at radius 3 is 2.39 bits per heavy atom. The van der Waals surface area contributed by atoms with Crippen LogP contribution >= 0.6 is 0 Å². The molecule has 0 aromatic heterocycles. The van der Waals surface area contributed by atoms with Gasteiger partial charge in [-0.25, -0.2) is 0 Å². The zero-order valence-corrected chi connectivity index (χ0v) is 10.4. The first-order valence-electron chi connectivity index (χ1n) is 6.38. The van der Waals surface area contributed by atoms with Gasteiger partial charge in [0.2, 0.25) is 0 Å². The fourth-order valence-corrected chi connectivity index (χ4v) is 2.09. The van der Waals surface area contributed by atoms with Gasteiger partial charge in [0.1, 0.15) is 0 Å². The second-order valence-corrected chi connectivity index (χ2v) is 4.52. The molecule has 1 aliphatic heterocycles. The summed E-state index contributed by atoms with van der Waals surface area (Å²) in [6, 6.07) is 9.59. The zero-order chi connectivity index (χ0) is 12.8. The monoisotopic (exact) mass is 246 g/mol. The van der Waals surface area contributed by atoms with Gasteiger partial charge in [-0.2, -0.15) is 0 Å². The lowest BCUT2D eigenvalue weighted by Gasteiger charge is -2.25. The Morgan fingerprint density at radius 2 is 1.72 bits per heavy atom. The largest absolute Gasteiger partial charge is 0.344 e. The van der Waals surface area contributed by atoms with E-state index in [0.29, 0.717) is 19.6 Å². The molecule has 96 valence electrons. The van der Waals surface area contributed by atoms with Crippen molar-refractivity contribution >= 4 is 11.8 Å². The molecule has 1 N–H and O–H groups in total. The Morgan fingerprint density at radius 1 is 1.06 bits per heavy atom. The van der Waals surface area contributed by atoms with E-state index < -0.39 is 11.8 Å². The van der Waals surface area contributed by atoms with E-state index >= 15 is 0 Å². The van der Waals surface area contributed by atoms with Crippen LogP contribution in [0.5, 0.6) is 0 Å². The van der Waals surface area contributed by atoms with Gasteiger partial charge < -0.3 is 10.2 Å². The topological polar surface area (TPSA) is 49.4 Å². The minimum Gasteiger partial charge on any atom is -0.344 e. The summed E-state index contributed by atoms with van der Waals surface area (Å²) in [5.41, 5.74) is 0.997. The molecule has 0 unspecified atom stereocenters. The molecule has 0 radical (unpaired) electrons. The molecule has 18 heavy (non-hydrogen) atoms. The van der Waals surface area contributed by atoms with Gasteiger partial charge in [0.05, 0.1) is 0 Å². The third-order valence-corrected chi connectivity index (χ3v) is 3.13. The van der Waals surface area contributed by atoms with E-state index in [1.807, 2.05) is 30.3 Å². The Balaban J connectivity index is 1.82. The highest BCUT2D eigenvalue weighted by Crippen LogP contribution is 2.08. The average Bonchev–Trinajstić information content (AvgIpc) is 2.46. The molecule has 1 aliphatic rings. The second-order valence-electron chi connectivity index (χ2n) is 4.52. The number of hydrogen-bond acceptors (Lipinski definition) is 2. The highest BCUT2D eigenvalue weighted by molar-refractivity contribution is 6.34. The van der Waals surface area contributed by atoms with E-state index in [1.54, 1.807) is 4.90 Å². The third kappa shape index (κ3) is 3.32.